The van der Waals surface area contributed by atoms with Crippen LogP contribution in [-0.4, -0.2) is 11.6 Å². The predicted octanol–water partition coefficient (Wildman–Crippen LogP) is 4.30. The minimum atomic E-state index is 0.475. The van der Waals surface area contributed by atoms with Gasteiger partial charge in [-0.05, 0) is 53.5 Å². The molecule has 1 aliphatic carbocycles. The summed E-state index contributed by atoms with van der Waals surface area (Å²) in [5.74, 6) is 1.41. The van der Waals surface area contributed by atoms with E-state index >= 15 is 0 Å². The number of ether oxygens (including phenoxy) is 1. The molecule has 0 unspecified atom stereocenters. The Labute approximate surface area is 115 Å². The Morgan fingerprint density at radius 3 is 2.75 bits per heavy atom. The third-order valence-electron chi connectivity index (χ3n) is 2.98. The highest BCUT2D eigenvalue weighted by Gasteiger charge is 2.14. The Kier molecular flexibility index (Phi) is 4.70. The molecule has 1 aromatic heterocycles. The standard InChI is InChI=1S/C12H15ClINO/c13-12-10(6-7-11(14)15-12)16-8-9-4-2-1-3-5-9/h6-7,9H,1-5,8H2. The first-order valence-corrected chi connectivity index (χ1v) is 7.16. The largest absolute Gasteiger partial charge is 0.490 e. The SMILES string of the molecule is Clc1nc(I)ccc1OCC1CCCCC1. The predicted molar refractivity (Wildman–Crippen MR) is 74.0 cm³/mol. The lowest BCUT2D eigenvalue weighted by Crippen LogP contribution is -2.15. The fourth-order valence-corrected chi connectivity index (χ4v) is 2.84. The lowest BCUT2D eigenvalue weighted by atomic mass is 9.90. The van der Waals surface area contributed by atoms with E-state index in [4.69, 9.17) is 16.3 Å². The van der Waals surface area contributed by atoms with Gasteiger partial charge >= 0.3 is 0 Å². The molecule has 2 nitrogen and oxygen atoms in total. The number of rotatable bonds is 3. The first-order valence-electron chi connectivity index (χ1n) is 5.70. The second-order valence-electron chi connectivity index (χ2n) is 4.24. The summed E-state index contributed by atoms with van der Waals surface area (Å²) < 4.78 is 6.63. The van der Waals surface area contributed by atoms with Gasteiger partial charge in [-0.25, -0.2) is 4.98 Å². The van der Waals surface area contributed by atoms with Crippen molar-refractivity contribution in [2.75, 3.05) is 6.61 Å². The van der Waals surface area contributed by atoms with Crippen LogP contribution in [0.3, 0.4) is 0 Å². The molecule has 0 N–H and O–H groups in total. The van der Waals surface area contributed by atoms with Crippen molar-refractivity contribution in [3.63, 3.8) is 0 Å². The maximum absolute atomic E-state index is 6.01. The van der Waals surface area contributed by atoms with E-state index < -0.39 is 0 Å². The van der Waals surface area contributed by atoms with Crippen molar-refractivity contribution in [3.05, 3.63) is 21.0 Å². The van der Waals surface area contributed by atoms with E-state index in [1.807, 2.05) is 12.1 Å². The molecule has 0 aliphatic heterocycles. The second-order valence-corrected chi connectivity index (χ2v) is 5.70. The van der Waals surface area contributed by atoms with Crippen molar-refractivity contribution < 1.29 is 4.74 Å². The van der Waals surface area contributed by atoms with Gasteiger partial charge in [-0.2, -0.15) is 0 Å². The van der Waals surface area contributed by atoms with Crippen LogP contribution in [0, 0.1) is 9.62 Å². The average Bonchev–Trinajstić information content (AvgIpc) is 2.29. The zero-order chi connectivity index (χ0) is 11.4. The number of hydrogen-bond donors (Lipinski definition) is 0. The van der Waals surface area contributed by atoms with Crippen LogP contribution in [-0.2, 0) is 0 Å². The van der Waals surface area contributed by atoms with Crippen molar-refractivity contribution in [3.8, 4) is 5.75 Å². The molecule has 0 spiro atoms. The van der Waals surface area contributed by atoms with Crippen LogP contribution in [0.5, 0.6) is 5.75 Å². The Hall–Kier alpha value is -0.0300. The maximum Gasteiger partial charge on any atom is 0.172 e. The van der Waals surface area contributed by atoms with E-state index in [0.29, 0.717) is 16.8 Å². The Morgan fingerprint density at radius 2 is 2.06 bits per heavy atom. The topological polar surface area (TPSA) is 22.1 Å². The molecule has 0 atom stereocenters. The summed E-state index contributed by atoms with van der Waals surface area (Å²) >= 11 is 8.15. The van der Waals surface area contributed by atoms with Gasteiger partial charge in [-0.1, -0.05) is 30.9 Å². The molecule has 1 fully saturated rings. The summed E-state index contributed by atoms with van der Waals surface area (Å²) in [4.78, 5) is 4.16. The van der Waals surface area contributed by atoms with Gasteiger partial charge in [-0.15, -0.1) is 0 Å². The quantitative estimate of drug-likeness (QED) is 0.598. The highest BCUT2D eigenvalue weighted by molar-refractivity contribution is 14.1. The minimum Gasteiger partial charge on any atom is -0.490 e. The molecule has 1 aliphatic rings. The molecule has 0 aromatic carbocycles. The first kappa shape index (κ1) is 12.4. The average molecular weight is 352 g/mol. The molecular weight excluding hydrogens is 336 g/mol. The molecular formula is C12H15ClINO. The summed E-state index contributed by atoms with van der Waals surface area (Å²) in [5.41, 5.74) is 0. The van der Waals surface area contributed by atoms with Gasteiger partial charge in [0.2, 0.25) is 0 Å². The zero-order valence-electron chi connectivity index (χ0n) is 9.09. The molecule has 1 aromatic rings. The molecule has 1 saturated carbocycles. The summed E-state index contributed by atoms with van der Waals surface area (Å²) in [6.45, 7) is 0.780. The third kappa shape index (κ3) is 3.48. The molecule has 0 bridgehead atoms. The van der Waals surface area contributed by atoms with Crippen LogP contribution < -0.4 is 4.74 Å². The Morgan fingerprint density at radius 1 is 1.31 bits per heavy atom. The molecule has 1 heterocycles. The number of aromatic nitrogens is 1. The normalized spacial score (nSPS) is 17.4. The van der Waals surface area contributed by atoms with Crippen LogP contribution >= 0.6 is 34.2 Å². The van der Waals surface area contributed by atoms with Crippen LogP contribution in [0.2, 0.25) is 5.15 Å². The van der Waals surface area contributed by atoms with E-state index in [-0.39, 0.29) is 0 Å². The summed E-state index contributed by atoms with van der Waals surface area (Å²) in [6, 6.07) is 3.82. The second kappa shape index (κ2) is 6.05. The number of halogens is 2. The molecule has 2 rings (SSSR count). The summed E-state index contributed by atoms with van der Waals surface area (Å²) in [5, 5.41) is 0.475. The van der Waals surface area contributed by atoms with Gasteiger partial charge in [0.1, 0.15) is 3.70 Å². The lowest BCUT2D eigenvalue weighted by Gasteiger charge is -2.21. The van der Waals surface area contributed by atoms with Crippen molar-refractivity contribution >= 4 is 34.2 Å². The van der Waals surface area contributed by atoms with Crippen molar-refractivity contribution in [1.29, 1.82) is 0 Å². The van der Waals surface area contributed by atoms with Gasteiger partial charge < -0.3 is 4.74 Å². The number of pyridine rings is 1. The summed E-state index contributed by atoms with van der Waals surface area (Å²) in [7, 11) is 0. The summed E-state index contributed by atoms with van der Waals surface area (Å²) in [6.07, 6.45) is 6.63. The fourth-order valence-electron chi connectivity index (χ4n) is 2.07. The smallest absolute Gasteiger partial charge is 0.172 e. The van der Waals surface area contributed by atoms with E-state index in [9.17, 15) is 0 Å². The molecule has 0 radical (unpaired) electrons. The van der Waals surface area contributed by atoms with Crippen LogP contribution in [0.25, 0.3) is 0 Å². The molecule has 16 heavy (non-hydrogen) atoms. The van der Waals surface area contributed by atoms with Gasteiger partial charge in [-0.3, -0.25) is 0 Å². The molecule has 0 amide bonds. The van der Waals surface area contributed by atoms with Crippen molar-refractivity contribution in [1.82, 2.24) is 4.98 Å². The highest BCUT2D eigenvalue weighted by Crippen LogP contribution is 2.27. The van der Waals surface area contributed by atoms with E-state index in [1.165, 1.54) is 32.1 Å². The Bertz CT molecular complexity index is 353. The molecule has 0 saturated heterocycles. The molecule has 4 heteroatoms. The van der Waals surface area contributed by atoms with E-state index in [0.717, 1.165) is 10.3 Å². The first-order chi connectivity index (χ1) is 7.75. The van der Waals surface area contributed by atoms with Crippen LogP contribution in [0.1, 0.15) is 32.1 Å². The fraction of sp³-hybridized carbons (Fsp3) is 0.583. The van der Waals surface area contributed by atoms with Gasteiger partial charge in [0.05, 0.1) is 6.61 Å². The highest BCUT2D eigenvalue weighted by atomic mass is 127. The minimum absolute atomic E-state index is 0.475. The third-order valence-corrected chi connectivity index (χ3v) is 3.85. The van der Waals surface area contributed by atoms with Crippen LogP contribution in [0.15, 0.2) is 12.1 Å². The number of hydrogen-bond acceptors (Lipinski definition) is 2. The van der Waals surface area contributed by atoms with Gasteiger partial charge in [0.15, 0.2) is 10.9 Å². The number of nitrogens with zero attached hydrogens (tertiary/aromatic N) is 1. The van der Waals surface area contributed by atoms with Crippen molar-refractivity contribution in [2.24, 2.45) is 5.92 Å². The maximum atomic E-state index is 6.01. The van der Waals surface area contributed by atoms with Crippen molar-refractivity contribution in [2.45, 2.75) is 32.1 Å². The van der Waals surface area contributed by atoms with Gasteiger partial charge in [0.25, 0.3) is 0 Å². The van der Waals surface area contributed by atoms with Crippen LogP contribution in [0.4, 0.5) is 0 Å². The Balaban J connectivity index is 1.88. The molecule has 88 valence electrons. The zero-order valence-corrected chi connectivity index (χ0v) is 12.0. The monoisotopic (exact) mass is 351 g/mol. The van der Waals surface area contributed by atoms with E-state index in [2.05, 4.69) is 27.6 Å². The lowest BCUT2D eigenvalue weighted by molar-refractivity contribution is 0.208. The van der Waals surface area contributed by atoms with E-state index in [1.54, 1.807) is 0 Å². The van der Waals surface area contributed by atoms with Gasteiger partial charge in [0, 0.05) is 0 Å².